The van der Waals surface area contributed by atoms with E-state index in [9.17, 15) is 9.90 Å². The molecule has 0 bridgehead atoms. The third kappa shape index (κ3) is 8.30. The van der Waals surface area contributed by atoms with Crippen LogP contribution in [0.3, 0.4) is 0 Å². The molecule has 0 aliphatic carbocycles. The Hall–Kier alpha value is -1.43. The van der Waals surface area contributed by atoms with E-state index in [0.717, 1.165) is 12.0 Å². The highest BCUT2D eigenvalue weighted by Crippen LogP contribution is 2.20. The van der Waals surface area contributed by atoms with Crippen LogP contribution in [0.15, 0.2) is 30.3 Å². The lowest BCUT2D eigenvalue weighted by molar-refractivity contribution is -0.126. The molecule has 0 heterocycles. The van der Waals surface area contributed by atoms with Crippen molar-refractivity contribution in [2.24, 2.45) is 29.2 Å². The molecule has 148 valence electrons. The molecule has 0 aliphatic heterocycles. The molecule has 0 radical (unpaired) electrons. The second-order valence-electron chi connectivity index (χ2n) is 8.20. The van der Waals surface area contributed by atoms with Crippen LogP contribution in [0.2, 0.25) is 0 Å². The highest BCUT2D eigenvalue weighted by atomic mass is 16.3. The average Bonchev–Trinajstić information content (AvgIpc) is 2.57. The molecule has 0 saturated heterocycles. The van der Waals surface area contributed by atoms with Gasteiger partial charge in [-0.25, -0.2) is 0 Å². The van der Waals surface area contributed by atoms with E-state index in [1.807, 2.05) is 30.3 Å². The van der Waals surface area contributed by atoms with Gasteiger partial charge in [0.1, 0.15) is 0 Å². The van der Waals surface area contributed by atoms with Gasteiger partial charge < -0.3 is 21.9 Å². The van der Waals surface area contributed by atoms with Crippen LogP contribution >= 0.6 is 0 Å². The number of amides is 1. The average molecular weight is 364 g/mol. The monoisotopic (exact) mass is 363 g/mol. The minimum atomic E-state index is -0.691. The first-order valence-corrected chi connectivity index (χ1v) is 9.71. The number of aliphatic hydroxyl groups excluding tert-OH is 1. The van der Waals surface area contributed by atoms with E-state index >= 15 is 0 Å². The zero-order valence-corrected chi connectivity index (χ0v) is 16.7. The minimum absolute atomic E-state index is 0.0558. The second-order valence-corrected chi connectivity index (χ2v) is 8.20. The Kier molecular flexibility index (Phi) is 9.84. The van der Waals surface area contributed by atoms with E-state index in [-0.39, 0.29) is 17.9 Å². The standard InChI is InChI=1S/C21H37N3O2/c1-14(2)10-17(18(22)12-20(25)19(23)11-15(3)4)21(26)24-13-16-8-6-5-7-9-16/h5-9,14-15,17-20,25H,10-13,22-23H2,1-4H3,(H,24,26)/t17-,18?,19?,20?/m0/s1. The normalized spacial score (nSPS) is 16.3. The predicted octanol–water partition coefficient (Wildman–Crippen LogP) is 2.42. The van der Waals surface area contributed by atoms with Crippen LogP contribution in [0, 0.1) is 17.8 Å². The van der Waals surface area contributed by atoms with Gasteiger partial charge >= 0.3 is 0 Å². The zero-order chi connectivity index (χ0) is 19.7. The van der Waals surface area contributed by atoms with Crippen LogP contribution in [0.4, 0.5) is 0 Å². The van der Waals surface area contributed by atoms with Gasteiger partial charge in [0, 0.05) is 18.6 Å². The van der Waals surface area contributed by atoms with Crippen LogP contribution < -0.4 is 16.8 Å². The van der Waals surface area contributed by atoms with Gasteiger partial charge in [0.15, 0.2) is 0 Å². The third-order valence-corrected chi connectivity index (χ3v) is 4.64. The van der Waals surface area contributed by atoms with Crippen molar-refractivity contribution in [3.8, 4) is 0 Å². The van der Waals surface area contributed by atoms with E-state index in [4.69, 9.17) is 11.5 Å². The minimum Gasteiger partial charge on any atom is -0.391 e. The van der Waals surface area contributed by atoms with Gasteiger partial charge in [0.05, 0.1) is 12.0 Å². The maximum absolute atomic E-state index is 12.7. The summed E-state index contributed by atoms with van der Waals surface area (Å²) in [7, 11) is 0. The summed E-state index contributed by atoms with van der Waals surface area (Å²) >= 11 is 0. The summed E-state index contributed by atoms with van der Waals surface area (Å²) in [6.07, 6.45) is 1.07. The summed E-state index contributed by atoms with van der Waals surface area (Å²) in [5.41, 5.74) is 13.5. The van der Waals surface area contributed by atoms with E-state index in [1.165, 1.54) is 0 Å². The van der Waals surface area contributed by atoms with Gasteiger partial charge in [-0.15, -0.1) is 0 Å². The van der Waals surface area contributed by atoms with Crippen molar-refractivity contribution < 1.29 is 9.90 Å². The molecule has 0 saturated carbocycles. The number of carbonyl (C=O) groups excluding carboxylic acids is 1. The highest BCUT2D eigenvalue weighted by molar-refractivity contribution is 5.79. The molecule has 0 fully saturated rings. The number of carbonyl (C=O) groups is 1. The van der Waals surface area contributed by atoms with E-state index in [1.54, 1.807) is 0 Å². The van der Waals surface area contributed by atoms with Crippen molar-refractivity contribution >= 4 is 5.91 Å². The van der Waals surface area contributed by atoms with E-state index in [0.29, 0.717) is 31.2 Å². The molecule has 26 heavy (non-hydrogen) atoms. The Morgan fingerprint density at radius 3 is 2.08 bits per heavy atom. The number of benzene rings is 1. The third-order valence-electron chi connectivity index (χ3n) is 4.64. The molecular weight excluding hydrogens is 326 g/mol. The molecule has 0 aromatic heterocycles. The largest absolute Gasteiger partial charge is 0.391 e. The topological polar surface area (TPSA) is 101 Å². The van der Waals surface area contributed by atoms with Crippen molar-refractivity contribution in [3.05, 3.63) is 35.9 Å². The van der Waals surface area contributed by atoms with Crippen molar-refractivity contribution in [1.82, 2.24) is 5.32 Å². The number of hydrogen-bond donors (Lipinski definition) is 4. The summed E-state index contributed by atoms with van der Waals surface area (Å²) < 4.78 is 0. The highest BCUT2D eigenvalue weighted by Gasteiger charge is 2.29. The fourth-order valence-corrected chi connectivity index (χ4v) is 3.22. The Bertz CT molecular complexity index is 519. The molecule has 1 aromatic carbocycles. The molecule has 3 unspecified atom stereocenters. The SMILES string of the molecule is CC(C)CC(N)C(O)CC(N)[C@H](CC(C)C)C(=O)NCc1ccccc1. The van der Waals surface area contributed by atoms with Gasteiger partial charge in [-0.1, -0.05) is 58.0 Å². The van der Waals surface area contributed by atoms with Gasteiger partial charge in [-0.05, 0) is 36.7 Å². The molecule has 1 rings (SSSR count). The fourth-order valence-electron chi connectivity index (χ4n) is 3.22. The lowest BCUT2D eigenvalue weighted by Gasteiger charge is -2.29. The lowest BCUT2D eigenvalue weighted by Crippen LogP contribution is -2.47. The molecule has 1 amide bonds. The van der Waals surface area contributed by atoms with Crippen molar-refractivity contribution in [1.29, 1.82) is 0 Å². The molecule has 1 aromatic rings. The van der Waals surface area contributed by atoms with Crippen molar-refractivity contribution in [2.75, 3.05) is 0 Å². The molecule has 0 spiro atoms. The van der Waals surface area contributed by atoms with E-state index < -0.39 is 12.1 Å². The second kappa shape index (κ2) is 11.3. The Morgan fingerprint density at radius 2 is 1.54 bits per heavy atom. The Labute approximate surface area is 158 Å². The number of aliphatic hydroxyl groups is 1. The predicted molar refractivity (Wildman–Crippen MR) is 107 cm³/mol. The van der Waals surface area contributed by atoms with Gasteiger partial charge in [-0.3, -0.25) is 4.79 Å². The van der Waals surface area contributed by atoms with Gasteiger partial charge in [0.2, 0.25) is 5.91 Å². The number of nitrogens with two attached hydrogens (primary N) is 2. The first kappa shape index (κ1) is 22.6. The summed E-state index contributed by atoms with van der Waals surface area (Å²) in [6.45, 7) is 8.78. The summed E-state index contributed by atoms with van der Waals surface area (Å²) in [5.74, 6) is 0.366. The number of hydrogen-bond acceptors (Lipinski definition) is 4. The molecule has 6 N–H and O–H groups in total. The van der Waals surface area contributed by atoms with Crippen LogP contribution in [0.1, 0.15) is 52.5 Å². The molecule has 4 atom stereocenters. The first-order valence-electron chi connectivity index (χ1n) is 9.71. The quantitative estimate of drug-likeness (QED) is 0.485. The lowest BCUT2D eigenvalue weighted by atomic mass is 9.85. The molecule has 5 heteroatoms. The maximum atomic E-state index is 12.7. The summed E-state index contributed by atoms with van der Waals surface area (Å²) in [5, 5.41) is 13.4. The summed E-state index contributed by atoms with van der Waals surface area (Å²) in [6, 6.07) is 9.08. The van der Waals surface area contributed by atoms with Crippen LogP contribution in [-0.4, -0.2) is 29.2 Å². The van der Waals surface area contributed by atoms with E-state index in [2.05, 4.69) is 33.0 Å². The number of nitrogens with one attached hydrogen (secondary N) is 1. The molecule has 5 nitrogen and oxygen atoms in total. The van der Waals surface area contributed by atoms with Crippen molar-refractivity contribution in [2.45, 2.75) is 71.7 Å². The Morgan fingerprint density at radius 1 is 0.962 bits per heavy atom. The molecular formula is C21H37N3O2. The van der Waals surface area contributed by atoms with Gasteiger partial charge in [0.25, 0.3) is 0 Å². The summed E-state index contributed by atoms with van der Waals surface area (Å²) in [4.78, 5) is 12.7. The fraction of sp³-hybridized carbons (Fsp3) is 0.667. The van der Waals surface area contributed by atoms with Crippen LogP contribution in [-0.2, 0) is 11.3 Å². The zero-order valence-electron chi connectivity index (χ0n) is 16.7. The Balaban J connectivity index is 2.66. The molecule has 0 aliphatic rings. The smallest absolute Gasteiger partial charge is 0.224 e. The van der Waals surface area contributed by atoms with Crippen LogP contribution in [0.5, 0.6) is 0 Å². The van der Waals surface area contributed by atoms with Gasteiger partial charge in [-0.2, -0.15) is 0 Å². The van der Waals surface area contributed by atoms with Crippen molar-refractivity contribution in [3.63, 3.8) is 0 Å². The maximum Gasteiger partial charge on any atom is 0.224 e. The van der Waals surface area contributed by atoms with Crippen LogP contribution in [0.25, 0.3) is 0 Å². The number of rotatable bonds is 11. The first-order chi connectivity index (χ1) is 12.2.